The van der Waals surface area contributed by atoms with Crippen LogP contribution in [0.1, 0.15) is 13.3 Å². The molecular formula is C5H7BrO2. The van der Waals surface area contributed by atoms with Crippen molar-refractivity contribution in [1.82, 2.24) is 0 Å². The van der Waals surface area contributed by atoms with Crippen LogP contribution in [0, 0.1) is 0 Å². The molecule has 0 aliphatic carbocycles. The number of aliphatic carboxylic acids is 1. The Bertz CT molecular complexity index is 118. The third-order valence-electron chi connectivity index (χ3n) is 0.588. The summed E-state index contributed by atoms with van der Waals surface area (Å²) in [6, 6.07) is 0. The van der Waals surface area contributed by atoms with Gasteiger partial charge in [-0.05, 0) is 22.4 Å². The van der Waals surface area contributed by atoms with Gasteiger partial charge in [-0.25, -0.2) is 4.79 Å². The van der Waals surface area contributed by atoms with Crippen LogP contribution >= 0.6 is 15.9 Å². The molecule has 0 saturated carbocycles. The van der Waals surface area contributed by atoms with E-state index in [0.29, 0.717) is 0 Å². The molecule has 0 rings (SSSR count). The Kier molecular flexibility index (Phi) is 3.52. The molecule has 0 fully saturated rings. The van der Waals surface area contributed by atoms with Crippen LogP contribution in [0.25, 0.3) is 0 Å². The van der Waals surface area contributed by atoms with Gasteiger partial charge in [0, 0.05) is 0 Å². The summed E-state index contributed by atoms with van der Waals surface area (Å²) in [5.41, 5.74) is 0. The van der Waals surface area contributed by atoms with E-state index < -0.39 is 5.97 Å². The predicted octanol–water partition coefficient (Wildman–Crippen LogP) is 1.76. The van der Waals surface area contributed by atoms with E-state index in [9.17, 15) is 4.79 Å². The van der Waals surface area contributed by atoms with Crippen molar-refractivity contribution >= 4 is 21.9 Å². The zero-order chi connectivity index (χ0) is 6.57. The van der Waals surface area contributed by atoms with Crippen LogP contribution in [-0.4, -0.2) is 11.1 Å². The minimum atomic E-state index is -0.910. The Morgan fingerprint density at radius 1 is 1.88 bits per heavy atom. The number of carboxylic acids is 1. The molecule has 0 spiro atoms. The van der Waals surface area contributed by atoms with Crippen LogP contribution in [0.5, 0.6) is 0 Å². The number of carboxylic acid groups (broad SMARTS) is 1. The summed E-state index contributed by atoms with van der Waals surface area (Å²) in [7, 11) is 0. The SMILES string of the molecule is CC/C=C(\Br)C(=O)O. The molecule has 0 aromatic carbocycles. The summed E-state index contributed by atoms with van der Waals surface area (Å²) >= 11 is 2.86. The normalized spacial score (nSPS) is 11.5. The Morgan fingerprint density at radius 3 is 2.50 bits per heavy atom. The maximum absolute atomic E-state index is 9.97. The fourth-order valence-corrected chi connectivity index (χ4v) is 0.590. The molecule has 0 radical (unpaired) electrons. The molecule has 0 aromatic heterocycles. The first-order chi connectivity index (χ1) is 3.68. The largest absolute Gasteiger partial charge is 0.477 e. The van der Waals surface area contributed by atoms with Crippen LogP contribution in [0.3, 0.4) is 0 Å². The standard InChI is InChI=1S/C5H7BrO2/c1-2-3-4(6)5(7)8/h3H,2H2,1H3,(H,7,8)/b4-3-. The molecule has 0 heterocycles. The highest BCUT2D eigenvalue weighted by Crippen LogP contribution is 2.04. The van der Waals surface area contributed by atoms with Gasteiger partial charge in [-0.1, -0.05) is 13.0 Å². The van der Waals surface area contributed by atoms with Gasteiger partial charge in [0.05, 0.1) is 4.48 Å². The smallest absolute Gasteiger partial charge is 0.342 e. The van der Waals surface area contributed by atoms with Gasteiger partial charge < -0.3 is 5.11 Å². The first-order valence-electron chi connectivity index (χ1n) is 2.27. The zero-order valence-corrected chi connectivity index (χ0v) is 6.10. The zero-order valence-electron chi connectivity index (χ0n) is 4.52. The number of halogens is 1. The molecule has 0 unspecified atom stereocenters. The lowest BCUT2D eigenvalue weighted by Crippen LogP contribution is -1.91. The quantitative estimate of drug-likeness (QED) is 0.655. The fraction of sp³-hybridized carbons (Fsp3) is 0.400. The minimum absolute atomic E-state index is 0.236. The van der Waals surface area contributed by atoms with E-state index in [0.717, 1.165) is 6.42 Å². The predicted molar refractivity (Wildman–Crippen MR) is 34.9 cm³/mol. The van der Waals surface area contributed by atoms with Gasteiger partial charge in [-0.15, -0.1) is 0 Å². The lowest BCUT2D eigenvalue weighted by molar-refractivity contribution is -0.131. The average Bonchev–Trinajstić information content (AvgIpc) is 1.67. The first kappa shape index (κ1) is 7.69. The summed E-state index contributed by atoms with van der Waals surface area (Å²) in [4.78, 5) is 9.97. The second-order valence-electron chi connectivity index (χ2n) is 1.27. The maximum Gasteiger partial charge on any atom is 0.342 e. The van der Waals surface area contributed by atoms with E-state index in [1.54, 1.807) is 6.08 Å². The third kappa shape index (κ3) is 2.80. The summed E-state index contributed by atoms with van der Waals surface area (Å²) < 4.78 is 0.236. The van der Waals surface area contributed by atoms with Crippen molar-refractivity contribution < 1.29 is 9.90 Å². The number of hydrogen-bond acceptors (Lipinski definition) is 1. The van der Waals surface area contributed by atoms with Gasteiger partial charge in [-0.2, -0.15) is 0 Å². The summed E-state index contributed by atoms with van der Waals surface area (Å²) in [6.07, 6.45) is 2.34. The van der Waals surface area contributed by atoms with Gasteiger partial charge in [0.1, 0.15) is 0 Å². The molecule has 0 amide bonds. The molecule has 1 N–H and O–H groups in total. The van der Waals surface area contributed by atoms with Crippen molar-refractivity contribution in [3.05, 3.63) is 10.6 Å². The monoisotopic (exact) mass is 178 g/mol. The van der Waals surface area contributed by atoms with E-state index >= 15 is 0 Å². The maximum atomic E-state index is 9.97. The Hall–Kier alpha value is -0.310. The number of rotatable bonds is 2. The van der Waals surface area contributed by atoms with Crippen LogP contribution in [0.4, 0.5) is 0 Å². The van der Waals surface area contributed by atoms with Crippen molar-refractivity contribution in [3.8, 4) is 0 Å². The molecule has 0 aliphatic rings. The fourth-order valence-electron chi connectivity index (χ4n) is 0.267. The number of hydrogen-bond donors (Lipinski definition) is 1. The van der Waals surface area contributed by atoms with Gasteiger partial charge in [0.25, 0.3) is 0 Å². The molecule has 0 atom stereocenters. The highest BCUT2D eigenvalue weighted by atomic mass is 79.9. The minimum Gasteiger partial charge on any atom is -0.477 e. The van der Waals surface area contributed by atoms with Crippen molar-refractivity contribution in [2.45, 2.75) is 13.3 Å². The van der Waals surface area contributed by atoms with Crippen LogP contribution < -0.4 is 0 Å². The second kappa shape index (κ2) is 3.66. The van der Waals surface area contributed by atoms with Gasteiger partial charge in [0.15, 0.2) is 0 Å². The summed E-state index contributed by atoms with van der Waals surface area (Å²) in [6.45, 7) is 1.88. The Morgan fingerprint density at radius 2 is 2.38 bits per heavy atom. The molecule has 8 heavy (non-hydrogen) atoms. The highest BCUT2D eigenvalue weighted by molar-refractivity contribution is 9.12. The molecule has 0 bridgehead atoms. The van der Waals surface area contributed by atoms with E-state index in [1.807, 2.05) is 6.92 Å². The van der Waals surface area contributed by atoms with E-state index in [4.69, 9.17) is 5.11 Å². The summed E-state index contributed by atoms with van der Waals surface area (Å²) in [5.74, 6) is -0.910. The number of allylic oxidation sites excluding steroid dienone is 1. The van der Waals surface area contributed by atoms with Crippen molar-refractivity contribution in [3.63, 3.8) is 0 Å². The van der Waals surface area contributed by atoms with Crippen LogP contribution in [-0.2, 0) is 4.79 Å². The van der Waals surface area contributed by atoms with Crippen molar-refractivity contribution in [2.24, 2.45) is 0 Å². The van der Waals surface area contributed by atoms with Crippen molar-refractivity contribution in [2.75, 3.05) is 0 Å². The molecule has 0 saturated heterocycles. The lowest BCUT2D eigenvalue weighted by atomic mass is 10.4. The Labute approximate surface area is 56.3 Å². The van der Waals surface area contributed by atoms with Gasteiger partial charge >= 0.3 is 5.97 Å². The van der Waals surface area contributed by atoms with Gasteiger partial charge in [0.2, 0.25) is 0 Å². The molecule has 46 valence electrons. The highest BCUT2D eigenvalue weighted by Gasteiger charge is 1.97. The van der Waals surface area contributed by atoms with Crippen LogP contribution in [0.2, 0.25) is 0 Å². The summed E-state index contributed by atoms with van der Waals surface area (Å²) in [5, 5.41) is 8.20. The second-order valence-corrected chi connectivity index (χ2v) is 2.12. The number of carbonyl (C=O) groups is 1. The molecule has 0 aromatic rings. The lowest BCUT2D eigenvalue weighted by Gasteiger charge is -1.84. The molecule has 0 aliphatic heterocycles. The molecule has 3 heteroatoms. The van der Waals surface area contributed by atoms with Gasteiger partial charge in [-0.3, -0.25) is 0 Å². The van der Waals surface area contributed by atoms with Crippen molar-refractivity contribution in [1.29, 1.82) is 0 Å². The third-order valence-corrected chi connectivity index (χ3v) is 1.25. The molecule has 2 nitrogen and oxygen atoms in total. The van der Waals surface area contributed by atoms with E-state index in [2.05, 4.69) is 15.9 Å². The van der Waals surface area contributed by atoms with E-state index in [-0.39, 0.29) is 4.48 Å². The Balaban J connectivity index is 3.80. The topological polar surface area (TPSA) is 37.3 Å². The average molecular weight is 179 g/mol. The first-order valence-corrected chi connectivity index (χ1v) is 3.06. The molecular weight excluding hydrogens is 172 g/mol. The van der Waals surface area contributed by atoms with Crippen LogP contribution in [0.15, 0.2) is 10.6 Å². The van der Waals surface area contributed by atoms with E-state index in [1.165, 1.54) is 0 Å².